The molecule has 3 rings (SSSR count). The van der Waals surface area contributed by atoms with Gasteiger partial charge < -0.3 is 19.5 Å². The standard InChI is InChI=1S/C22H34N6O2/c1-17-5-6-20(12-25-17)30-16-18-11-19(22(29)24-7-9-26(2)3)14-28(13-18)15-21-23-8-10-27(21)4/h5-6,8,10,12,18-19H,7,9,11,13-16H2,1-4H3,(H,24,29)/t18-,19+/m0/s1. The Morgan fingerprint density at radius 3 is 2.80 bits per heavy atom. The van der Waals surface area contributed by atoms with E-state index in [4.69, 9.17) is 4.74 Å². The van der Waals surface area contributed by atoms with Crippen LogP contribution < -0.4 is 10.1 Å². The molecule has 2 aromatic heterocycles. The second-order valence-corrected chi connectivity index (χ2v) is 8.49. The number of piperidine rings is 1. The van der Waals surface area contributed by atoms with Crippen LogP contribution in [0.1, 0.15) is 17.9 Å². The average molecular weight is 415 g/mol. The van der Waals surface area contributed by atoms with Gasteiger partial charge in [-0.25, -0.2) is 4.98 Å². The summed E-state index contributed by atoms with van der Waals surface area (Å²) in [5.41, 5.74) is 0.968. The van der Waals surface area contributed by atoms with Crippen molar-refractivity contribution in [2.75, 3.05) is 46.9 Å². The van der Waals surface area contributed by atoms with Gasteiger partial charge in [-0.15, -0.1) is 0 Å². The fourth-order valence-corrected chi connectivity index (χ4v) is 3.79. The highest BCUT2D eigenvalue weighted by molar-refractivity contribution is 5.79. The number of hydrogen-bond acceptors (Lipinski definition) is 6. The third kappa shape index (κ3) is 6.53. The van der Waals surface area contributed by atoms with E-state index in [0.29, 0.717) is 13.2 Å². The summed E-state index contributed by atoms with van der Waals surface area (Å²) in [5, 5.41) is 3.10. The number of rotatable bonds is 9. The summed E-state index contributed by atoms with van der Waals surface area (Å²) in [7, 11) is 6.02. The van der Waals surface area contributed by atoms with Crippen molar-refractivity contribution in [2.24, 2.45) is 18.9 Å². The summed E-state index contributed by atoms with van der Waals surface area (Å²) in [4.78, 5) is 26.0. The number of aromatic nitrogens is 3. The van der Waals surface area contributed by atoms with Crippen molar-refractivity contribution in [3.8, 4) is 5.75 Å². The minimum atomic E-state index is -0.0501. The third-order valence-corrected chi connectivity index (χ3v) is 5.50. The Morgan fingerprint density at radius 1 is 1.30 bits per heavy atom. The first kappa shape index (κ1) is 22.2. The fourth-order valence-electron chi connectivity index (χ4n) is 3.79. The van der Waals surface area contributed by atoms with Crippen LogP contribution in [0.4, 0.5) is 0 Å². The third-order valence-electron chi connectivity index (χ3n) is 5.50. The molecule has 0 spiro atoms. The second-order valence-electron chi connectivity index (χ2n) is 8.49. The van der Waals surface area contributed by atoms with E-state index in [2.05, 4.69) is 25.1 Å². The summed E-state index contributed by atoms with van der Waals surface area (Å²) < 4.78 is 8.03. The van der Waals surface area contributed by atoms with E-state index in [9.17, 15) is 4.79 Å². The summed E-state index contributed by atoms with van der Waals surface area (Å²) in [6, 6.07) is 3.90. The predicted octanol–water partition coefficient (Wildman–Crippen LogP) is 1.32. The lowest BCUT2D eigenvalue weighted by atomic mass is 9.89. The van der Waals surface area contributed by atoms with Gasteiger partial charge in [0.1, 0.15) is 11.6 Å². The van der Waals surface area contributed by atoms with Crippen molar-refractivity contribution in [1.82, 2.24) is 29.7 Å². The minimum absolute atomic E-state index is 0.0501. The van der Waals surface area contributed by atoms with Gasteiger partial charge in [-0.05, 0) is 39.6 Å². The first-order valence-electron chi connectivity index (χ1n) is 10.6. The summed E-state index contributed by atoms with van der Waals surface area (Å²) in [6.07, 6.45) is 6.35. The number of imidazole rings is 1. The van der Waals surface area contributed by atoms with Crippen LogP contribution >= 0.6 is 0 Å². The molecule has 1 fully saturated rings. The van der Waals surface area contributed by atoms with E-state index in [0.717, 1.165) is 49.9 Å². The Balaban J connectivity index is 1.62. The van der Waals surface area contributed by atoms with Crippen LogP contribution in [-0.4, -0.2) is 77.1 Å². The maximum absolute atomic E-state index is 12.8. The Bertz CT molecular complexity index is 804. The van der Waals surface area contributed by atoms with Crippen molar-refractivity contribution in [2.45, 2.75) is 19.9 Å². The first-order valence-corrected chi connectivity index (χ1v) is 10.6. The molecule has 1 amide bonds. The molecule has 1 aliphatic rings. The average Bonchev–Trinajstić information content (AvgIpc) is 3.11. The lowest BCUT2D eigenvalue weighted by molar-refractivity contribution is -0.127. The van der Waals surface area contributed by atoms with Crippen molar-refractivity contribution in [3.63, 3.8) is 0 Å². The smallest absolute Gasteiger partial charge is 0.224 e. The van der Waals surface area contributed by atoms with Crippen molar-refractivity contribution in [3.05, 3.63) is 42.2 Å². The zero-order valence-electron chi connectivity index (χ0n) is 18.5. The number of carbonyl (C=O) groups is 1. The number of likely N-dealkylation sites (N-methyl/N-ethyl adjacent to an activating group) is 1. The van der Waals surface area contributed by atoms with Crippen molar-refractivity contribution < 1.29 is 9.53 Å². The maximum atomic E-state index is 12.8. The topological polar surface area (TPSA) is 75.5 Å². The van der Waals surface area contributed by atoms with Crippen LogP contribution in [0.25, 0.3) is 0 Å². The van der Waals surface area contributed by atoms with Crippen LogP contribution in [0.5, 0.6) is 5.75 Å². The number of ether oxygens (including phenoxy) is 1. The number of nitrogens with one attached hydrogen (secondary N) is 1. The molecule has 3 heterocycles. The van der Waals surface area contributed by atoms with E-state index in [-0.39, 0.29) is 17.7 Å². The molecule has 8 nitrogen and oxygen atoms in total. The lowest BCUT2D eigenvalue weighted by Gasteiger charge is -2.37. The minimum Gasteiger partial charge on any atom is -0.492 e. The maximum Gasteiger partial charge on any atom is 0.224 e. The first-order chi connectivity index (χ1) is 14.4. The normalized spacial score (nSPS) is 19.8. The van der Waals surface area contributed by atoms with Crippen LogP contribution in [0.2, 0.25) is 0 Å². The van der Waals surface area contributed by atoms with Crippen LogP contribution in [-0.2, 0) is 18.4 Å². The van der Waals surface area contributed by atoms with Crippen molar-refractivity contribution >= 4 is 5.91 Å². The van der Waals surface area contributed by atoms with Crippen LogP contribution in [0.15, 0.2) is 30.7 Å². The zero-order chi connectivity index (χ0) is 21.5. The van der Waals surface area contributed by atoms with Gasteiger partial charge in [-0.1, -0.05) is 0 Å². The molecular weight excluding hydrogens is 380 g/mol. The number of hydrogen-bond donors (Lipinski definition) is 1. The van der Waals surface area contributed by atoms with Gasteiger partial charge in [0.15, 0.2) is 0 Å². The quantitative estimate of drug-likeness (QED) is 0.667. The number of aryl methyl sites for hydroxylation is 2. The Morgan fingerprint density at radius 2 is 2.13 bits per heavy atom. The molecule has 0 bridgehead atoms. The van der Waals surface area contributed by atoms with E-state index >= 15 is 0 Å². The number of nitrogens with zero attached hydrogens (tertiary/aromatic N) is 5. The number of likely N-dealkylation sites (tertiary alicyclic amines) is 1. The summed E-state index contributed by atoms with van der Waals surface area (Å²) >= 11 is 0. The van der Waals surface area contributed by atoms with Gasteiger partial charge in [-0.3, -0.25) is 14.7 Å². The molecule has 2 aromatic rings. The molecule has 1 saturated heterocycles. The van der Waals surface area contributed by atoms with Gasteiger partial charge >= 0.3 is 0 Å². The van der Waals surface area contributed by atoms with Gasteiger partial charge in [0.25, 0.3) is 0 Å². The molecule has 0 aromatic carbocycles. The highest BCUT2D eigenvalue weighted by Gasteiger charge is 2.32. The number of carbonyl (C=O) groups excluding carboxylic acids is 1. The van der Waals surface area contributed by atoms with Gasteiger partial charge in [0.05, 0.1) is 25.3 Å². The lowest BCUT2D eigenvalue weighted by Crippen LogP contribution is -2.48. The highest BCUT2D eigenvalue weighted by Crippen LogP contribution is 2.24. The van der Waals surface area contributed by atoms with Crippen LogP contribution in [0.3, 0.4) is 0 Å². The Hall–Kier alpha value is -2.45. The van der Waals surface area contributed by atoms with Crippen molar-refractivity contribution in [1.29, 1.82) is 0 Å². The van der Waals surface area contributed by atoms with Crippen LogP contribution in [0, 0.1) is 18.8 Å². The molecule has 0 unspecified atom stereocenters. The number of pyridine rings is 1. The fraction of sp³-hybridized carbons (Fsp3) is 0.591. The molecule has 1 aliphatic heterocycles. The molecule has 0 radical (unpaired) electrons. The van der Waals surface area contributed by atoms with E-state index in [1.54, 1.807) is 6.20 Å². The van der Waals surface area contributed by atoms with E-state index in [1.165, 1.54) is 0 Å². The van der Waals surface area contributed by atoms with Gasteiger partial charge in [0, 0.05) is 57.2 Å². The molecule has 30 heavy (non-hydrogen) atoms. The molecule has 164 valence electrons. The second kappa shape index (κ2) is 10.5. The summed E-state index contributed by atoms with van der Waals surface area (Å²) in [6.45, 7) is 6.38. The monoisotopic (exact) mass is 414 g/mol. The zero-order valence-corrected chi connectivity index (χ0v) is 18.5. The van der Waals surface area contributed by atoms with Gasteiger partial charge in [0.2, 0.25) is 5.91 Å². The molecule has 0 aliphatic carbocycles. The molecule has 2 atom stereocenters. The number of amides is 1. The SMILES string of the molecule is Cc1ccc(OC[C@H]2C[C@@H](C(=O)NCCN(C)C)CN(Cc3nccn3C)C2)cn1. The Labute approximate surface area is 179 Å². The molecular formula is C22H34N6O2. The van der Waals surface area contributed by atoms with E-state index < -0.39 is 0 Å². The van der Waals surface area contributed by atoms with E-state index in [1.807, 2.05) is 57.2 Å². The molecule has 1 N–H and O–H groups in total. The molecule has 8 heteroatoms. The molecule has 0 saturated carbocycles. The Kier molecular flexibility index (Phi) is 7.81. The predicted molar refractivity (Wildman–Crippen MR) is 116 cm³/mol. The van der Waals surface area contributed by atoms with Gasteiger partial charge in [-0.2, -0.15) is 0 Å². The summed E-state index contributed by atoms with van der Waals surface area (Å²) in [5.74, 6) is 2.12. The highest BCUT2D eigenvalue weighted by atomic mass is 16.5. The largest absolute Gasteiger partial charge is 0.492 e.